The first-order valence-electron chi connectivity index (χ1n) is 5.19. The number of rotatable bonds is 2. The van der Waals surface area contributed by atoms with Gasteiger partial charge in [-0.05, 0) is 12.8 Å². The van der Waals surface area contributed by atoms with E-state index >= 15 is 0 Å². The fourth-order valence-electron chi connectivity index (χ4n) is 1.26. The number of nitrogens with zero attached hydrogens (tertiary/aromatic N) is 1. The first-order valence-corrected chi connectivity index (χ1v) is 5.19. The zero-order chi connectivity index (χ0) is 12.3. The third kappa shape index (κ3) is 2.95. The van der Waals surface area contributed by atoms with Gasteiger partial charge in [-0.15, -0.1) is 0 Å². The SMILES string of the molecule is CC(C)COC(=O)N1CC(=O)NC(=O)C1C. The molecule has 1 saturated heterocycles. The van der Waals surface area contributed by atoms with Gasteiger partial charge in [-0.2, -0.15) is 0 Å². The van der Waals surface area contributed by atoms with E-state index in [4.69, 9.17) is 4.74 Å². The summed E-state index contributed by atoms with van der Waals surface area (Å²) in [5, 5.41) is 2.15. The van der Waals surface area contributed by atoms with Crippen LogP contribution in [-0.4, -0.2) is 42.0 Å². The maximum Gasteiger partial charge on any atom is 0.410 e. The van der Waals surface area contributed by atoms with E-state index in [-0.39, 0.29) is 19.1 Å². The van der Waals surface area contributed by atoms with Crippen molar-refractivity contribution in [3.05, 3.63) is 0 Å². The maximum absolute atomic E-state index is 11.6. The van der Waals surface area contributed by atoms with E-state index in [1.54, 1.807) is 6.92 Å². The zero-order valence-corrected chi connectivity index (χ0v) is 9.65. The Morgan fingerprint density at radius 2 is 2.19 bits per heavy atom. The number of imide groups is 1. The molecular formula is C10H16N2O4. The second-order valence-corrected chi connectivity index (χ2v) is 4.19. The van der Waals surface area contributed by atoms with Crippen molar-refractivity contribution in [3.63, 3.8) is 0 Å². The number of carbonyl (C=O) groups excluding carboxylic acids is 3. The van der Waals surface area contributed by atoms with Gasteiger partial charge in [0.05, 0.1) is 6.61 Å². The minimum atomic E-state index is -0.669. The summed E-state index contributed by atoms with van der Waals surface area (Å²) in [7, 11) is 0. The van der Waals surface area contributed by atoms with Crippen LogP contribution in [0.1, 0.15) is 20.8 Å². The van der Waals surface area contributed by atoms with Gasteiger partial charge < -0.3 is 4.74 Å². The van der Waals surface area contributed by atoms with Gasteiger partial charge in [-0.25, -0.2) is 4.79 Å². The molecule has 1 atom stereocenters. The lowest BCUT2D eigenvalue weighted by atomic mass is 10.2. The number of piperazine rings is 1. The molecule has 90 valence electrons. The van der Waals surface area contributed by atoms with E-state index in [1.165, 1.54) is 0 Å². The van der Waals surface area contributed by atoms with Gasteiger partial charge in [0.15, 0.2) is 0 Å². The Balaban J connectivity index is 2.59. The zero-order valence-electron chi connectivity index (χ0n) is 9.65. The van der Waals surface area contributed by atoms with Crippen molar-refractivity contribution in [1.29, 1.82) is 0 Å². The minimum Gasteiger partial charge on any atom is -0.449 e. The molecule has 1 heterocycles. The van der Waals surface area contributed by atoms with E-state index < -0.39 is 23.9 Å². The Kier molecular flexibility index (Phi) is 3.87. The second kappa shape index (κ2) is 4.96. The van der Waals surface area contributed by atoms with E-state index in [9.17, 15) is 14.4 Å². The standard InChI is InChI=1S/C10H16N2O4/c1-6(2)5-16-10(15)12-4-8(13)11-9(14)7(12)3/h6-7H,4-5H2,1-3H3,(H,11,13,14). The Hall–Kier alpha value is -1.59. The van der Waals surface area contributed by atoms with Crippen LogP contribution in [0.5, 0.6) is 0 Å². The summed E-state index contributed by atoms with van der Waals surface area (Å²) in [6.07, 6.45) is -0.621. The van der Waals surface area contributed by atoms with Crippen molar-refractivity contribution >= 4 is 17.9 Å². The molecule has 1 unspecified atom stereocenters. The predicted molar refractivity (Wildman–Crippen MR) is 55.5 cm³/mol. The van der Waals surface area contributed by atoms with Crippen LogP contribution in [0.3, 0.4) is 0 Å². The summed E-state index contributed by atoms with van der Waals surface area (Å²) in [4.78, 5) is 35.1. The highest BCUT2D eigenvalue weighted by atomic mass is 16.6. The summed E-state index contributed by atoms with van der Waals surface area (Å²) >= 11 is 0. The largest absolute Gasteiger partial charge is 0.449 e. The summed E-state index contributed by atoms with van der Waals surface area (Å²) in [6, 6.07) is -0.669. The number of hydrogen-bond donors (Lipinski definition) is 1. The average Bonchev–Trinajstić information content (AvgIpc) is 2.19. The first-order chi connectivity index (χ1) is 7.41. The molecule has 6 nitrogen and oxygen atoms in total. The second-order valence-electron chi connectivity index (χ2n) is 4.19. The molecule has 1 aliphatic rings. The van der Waals surface area contributed by atoms with Gasteiger partial charge in [-0.1, -0.05) is 13.8 Å². The first kappa shape index (κ1) is 12.5. The number of carbonyl (C=O) groups is 3. The third-order valence-electron chi connectivity index (χ3n) is 2.20. The Morgan fingerprint density at radius 1 is 1.56 bits per heavy atom. The molecule has 16 heavy (non-hydrogen) atoms. The number of ether oxygens (including phenoxy) is 1. The summed E-state index contributed by atoms with van der Waals surface area (Å²) in [5.74, 6) is -0.740. The lowest BCUT2D eigenvalue weighted by Gasteiger charge is -2.30. The Bertz CT molecular complexity index is 314. The highest BCUT2D eigenvalue weighted by Crippen LogP contribution is 2.07. The molecule has 1 fully saturated rings. The molecule has 1 aliphatic heterocycles. The Morgan fingerprint density at radius 3 is 2.75 bits per heavy atom. The molecule has 0 aromatic carbocycles. The molecule has 0 aliphatic carbocycles. The molecule has 3 amide bonds. The number of nitrogens with one attached hydrogen (secondary N) is 1. The van der Waals surface area contributed by atoms with Crippen LogP contribution in [0.25, 0.3) is 0 Å². The molecule has 6 heteroatoms. The van der Waals surface area contributed by atoms with Gasteiger partial charge in [0, 0.05) is 0 Å². The van der Waals surface area contributed by atoms with E-state index in [2.05, 4.69) is 5.32 Å². The monoisotopic (exact) mass is 228 g/mol. The van der Waals surface area contributed by atoms with Crippen molar-refractivity contribution in [2.45, 2.75) is 26.8 Å². The summed E-state index contributed by atoms with van der Waals surface area (Å²) in [6.45, 7) is 5.51. The van der Waals surface area contributed by atoms with Crippen molar-refractivity contribution in [2.24, 2.45) is 5.92 Å². The molecule has 0 spiro atoms. The average molecular weight is 228 g/mol. The van der Waals surface area contributed by atoms with Crippen molar-refractivity contribution in [2.75, 3.05) is 13.2 Å². The molecule has 0 radical (unpaired) electrons. The third-order valence-corrected chi connectivity index (χ3v) is 2.20. The molecule has 1 N–H and O–H groups in total. The van der Waals surface area contributed by atoms with Crippen LogP contribution in [0.2, 0.25) is 0 Å². The quantitative estimate of drug-likeness (QED) is 0.681. The molecular weight excluding hydrogens is 212 g/mol. The predicted octanol–water partition coefficient (Wildman–Crippen LogP) is 0.126. The Labute approximate surface area is 93.9 Å². The molecule has 0 aromatic rings. The highest BCUT2D eigenvalue weighted by molar-refractivity contribution is 6.03. The summed E-state index contributed by atoms with van der Waals surface area (Å²) in [5.41, 5.74) is 0. The van der Waals surface area contributed by atoms with Crippen LogP contribution in [0.15, 0.2) is 0 Å². The van der Waals surface area contributed by atoms with Crippen LogP contribution in [0, 0.1) is 5.92 Å². The van der Waals surface area contributed by atoms with Gasteiger partial charge >= 0.3 is 6.09 Å². The van der Waals surface area contributed by atoms with Crippen LogP contribution >= 0.6 is 0 Å². The van der Waals surface area contributed by atoms with Crippen molar-refractivity contribution in [1.82, 2.24) is 10.2 Å². The normalized spacial score (nSPS) is 21.0. The lowest BCUT2D eigenvalue weighted by Crippen LogP contribution is -2.58. The highest BCUT2D eigenvalue weighted by Gasteiger charge is 2.34. The van der Waals surface area contributed by atoms with Crippen molar-refractivity contribution < 1.29 is 19.1 Å². The molecule has 1 rings (SSSR count). The van der Waals surface area contributed by atoms with Crippen LogP contribution in [-0.2, 0) is 14.3 Å². The minimum absolute atomic E-state index is 0.135. The maximum atomic E-state index is 11.6. The topological polar surface area (TPSA) is 75.7 Å². The van der Waals surface area contributed by atoms with Crippen LogP contribution < -0.4 is 5.32 Å². The van der Waals surface area contributed by atoms with E-state index in [0.29, 0.717) is 0 Å². The fourth-order valence-corrected chi connectivity index (χ4v) is 1.26. The lowest BCUT2D eigenvalue weighted by molar-refractivity contribution is -0.138. The summed E-state index contributed by atoms with van der Waals surface area (Å²) < 4.78 is 4.96. The van der Waals surface area contributed by atoms with E-state index in [1.807, 2.05) is 13.8 Å². The molecule has 0 bridgehead atoms. The van der Waals surface area contributed by atoms with Gasteiger partial charge in [0.25, 0.3) is 0 Å². The molecule has 0 aromatic heterocycles. The van der Waals surface area contributed by atoms with E-state index in [0.717, 1.165) is 4.90 Å². The smallest absolute Gasteiger partial charge is 0.410 e. The van der Waals surface area contributed by atoms with Gasteiger partial charge in [0.1, 0.15) is 12.6 Å². The van der Waals surface area contributed by atoms with Crippen LogP contribution in [0.4, 0.5) is 4.79 Å². The number of amides is 3. The molecule has 0 saturated carbocycles. The fraction of sp³-hybridized carbons (Fsp3) is 0.700. The van der Waals surface area contributed by atoms with Crippen molar-refractivity contribution in [3.8, 4) is 0 Å². The van der Waals surface area contributed by atoms with Gasteiger partial charge in [-0.3, -0.25) is 19.8 Å². The van der Waals surface area contributed by atoms with Gasteiger partial charge in [0.2, 0.25) is 11.8 Å². The number of hydrogen-bond acceptors (Lipinski definition) is 4.